The van der Waals surface area contributed by atoms with Crippen molar-refractivity contribution in [2.45, 2.75) is 6.43 Å². The quantitative estimate of drug-likeness (QED) is 0.849. The first-order valence-electron chi connectivity index (χ1n) is 3.59. The van der Waals surface area contributed by atoms with Gasteiger partial charge >= 0.3 is 5.97 Å². The average molecular weight is 233 g/mol. The third kappa shape index (κ3) is 2.19. The fourth-order valence-corrected chi connectivity index (χ4v) is 1.14. The first-order valence-corrected chi connectivity index (χ1v) is 3.97. The van der Waals surface area contributed by atoms with Crippen molar-refractivity contribution in [3.63, 3.8) is 0 Å². The Labute approximate surface area is 87.7 Å². The van der Waals surface area contributed by atoms with Crippen molar-refractivity contribution >= 4 is 17.6 Å². The highest BCUT2D eigenvalue weighted by atomic mass is 35.5. The Hall–Kier alpha value is -1.74. The van der Waals surface area contributed by atoms with Gasteiger partial charge in [-0.15, -0.1) is 0 Å². The molecule has 0 amide bonds. The second-order valence-corrected chi connectivity index (χ2v) is 2.88. The van der Waals surface area contributed by atoms with Gasteiger partial charge in [-0.1, -0.05) is 11.6 Å². The summed E-state index contributed by atoms with van der Waals surface area (Å²) in [7, 11) is 0. The van der Waals surface area contributed by atoms with Crippen LogP contribution in [0.1, 0.15) is 28.2 Å². The zero-order valence-corrected chi connectivity index (χ0v) is 7.79. The first kappa shape index (κ1) is 11.3. The average Bonchev–Trinajstić information content (AvgIpc) is 2.16. The van der Waals surface area contributed by atoms with E-state index in [1.807, 2.05) is 0 Å². The van der Waals surface area contributed by atoms with Crippen molar-refractivity contribution in [3.05, 3.63) is 28.0 Å². The summed E-state index contributed by atoms with van der Waals surface area (Å²) in [4.78, 5) is 13.7. The molecule has 0 spiro atoms. The first-order chi connectivity index (χ1) is 6.97. The molecule has 15 heavy (non-hydrogen) atoms. The lowest BCUT2D eigenvalue weighted by atomic mass is 10.2. The zero-order chi connectivity index (χ0) is 11.6. The van der Waals surface area contributed by atoms with Crippen LogP contribution in [0.2, 0.25) is 5.02 Å². The standard InChI is InChI=1S/C8H3ClF2N2O2/c9-4-1-3(2-12)5(7(10)11)13-6(4)8(14)15/h1,7H,(H,14,15). The third-order valence-corrected chi connectivity index (χ3v) is 1.82. The number of aromatic nitrogens is 1. The van der Waals surface area contributed by atoms with Gasteiger partial charge in [0.1, 0.15) is 11.8 Å². The third-order valence-electron chi connectivity index (χ3n) is 1.54. The molecule has 1 aromatic rings. The number of carboxylic acids is 1. The van der Waals surface area contributed by atoms with E-state index in [0.717, 1.165) is 6.07 Å². The van der Waals surface area contributed by atoms with Gasteiger partial charge in [-0.3, -0.25) is 0 Å². The van der Waals surface area contributed by atoms with Crippen LogP contribution < -0.4 is 0 Å². The molecule has 0 atom stereocenters. The van der Waals surface area contributed by atoms with E-state index in [9.17, 15) is 13.6 Å². The van der Waals surface area contributed by atoms with Gasteiger partial charge in [0, 0.05) is 0 Å². The van der Waals surface area contributed by atoms with Gasteiger partial charge in [-0.05, 0) is 6.07 Å². The van der Waals surface area contributed by atoms with Gasteiger partial charge in [0.05, 0.1) is 10.6 Å². The van der Waals surface area contributed by atoms with Gasteiger partial charge in [0.25, 0.3) is 6.43 Å². The van der Waals surface area contributed by atoms with Gasteiger partial charge in [-0.25, -0.2) is 18.6 Å². The van der Waals surface area contributed by atoms with Gasteiger partial charge in [-0.2, -0.15) is 5.26 Å². The summed E-state index contributed by atoms with van der Waals surface area (Å²) in [6, 6.07) is 2.32. The Morgan fingerprint density at radius 2 is 2.27 bits per heavy atom. The lowest BCUT2D eigenvalue weighted by Gasteiger charge is -2.04. The van der Waals surface area contributed by atoms with Crippen molar-refractivity contribution in [1.29, 1.82) is 5.26 Å². The molecule has 0 saturated carbocycles. The Morgan fingerprint density at radius 1 is 1.67 bits per heavy atom. The van der Waals surface area contributed by atoms with E-state index in [4.69, 9.17) is 22.0 Å². The Kier molecular flexibility index (Phi) is 3.17. The summed E-state index contributed by atoms with van der Waals surface area (Å²) in [5, 5.41) is 16.7. The summed E-state index contributed by atoms with van der Waals surface area (Å²) in [6.45, 7) is 0. The molecule has 0 aliphatic carbocycles. The number of rotatable bonds is 2. The van der Waals surface area contributed by atoms with Crippen LogP contribution in [0.15, 0.2) is 6.07 Å². The Morgan fingerprint density at radius 3 is 2.67 bits per heavy atom. The van der Waals surface area contributed by atoms with E-state index >= 15 is 0 Å². The topological polar surface area (TPSA) is 74.0 Å². The maximum absolute atomic E-state index is 12.3. The molecule has 1 heterocycles. The van der Waals surface area contributed by atoms with Crippen LogP contribution in [0.5, 0.6) is 0 Å². The molecular formula is C8H3ClF2N2O2. The fourth-order valence-electron chi connectivity index (χ4n) is 0.909. The number of hydrogen-bond donors (Lipinski definition) is 1. The molecule has 0 saturated heterocycles. The highest BCUT2D eigenvalue weighted by molar-refractivity contribution is 6.33. The lowest BCUT2D eigenvalue weighted by Crippen LogP contribution is -2.06. The maximum Gasteiger partial charge on any atom is 0.356 e. The normalized spacial score (nSPS) is 10.1. The van der Waals surface area contributed by atoms with Crippen molar-refractivity contribution < 1.29 is 18.7 Å². The molecule has 0 unspecified atom stereocenters. The zero-order valence-electron chi connectivity index (χ0n) is 7.04. The number of carboxylic acid groups (broad SMARTS) is 1. The van der Waals surface area contributed by atoms with E-state index < -0.39 is 29.3 Å². The number of hydrogen-bond acceptors (Lipinski definition) is 3. The summed E-state index contributed by atoms with van der Waals surface area (Å²) < 4.78 is 24.7. The van der Waals surface area contributed by atoms with Crippen LogP contribution in [0.3, 0.4) is 0 Å². The van der Waals surface area contributed by atoms with Crippen LogP contribution in [0.4, 0.5) is 8.78 Å². The largest absolute Gasteiger partial charge is 0.476 e. The number of nitrogens with zero attached hydrogens (tertiary/aromatic N) is 2. The second kappa shape index (κ2) is 4.19. The number of aromatic carboxylic acids is 1. The summed E-state index contributed by atoms with van der Waals surface area (Å²) in [5.41, 5.74) is -2.00. The lowest BCUT2D eigenvalue weighted by molar-refractivity contribution is 0.0689. The van der Waals surface area contributed by atoms with Crippen LogP contribution in [-0.4, -0.2) is 16.1 Å². The fraction of sp³-hybridized carbons (Fsp3) is 0.125. The molecule has 1 aromatic heterocycles. The molecule has 0 aliphatic heterocycles. The molecule has 0 fully saturated rings. The monoisotopic (exact) mass is 232 g/mol. The van der Waals surface area contributed by atoms with E-state index in [0.29, 0.717) is 0 Å². The number of carbonyl (C=O) groups is 1. The molecule has 0 radical (unpaired) electrons. The molecule has 0 bridgehead atoms. The molecule has 78 valence electrons. The van der Waals surface area contributed by atoms with E-state index in [-0.39, 0.29) is 5.02 Å². The second-order valence-electron chi connectivity index (χ2n) is 2.47. The number of halogens is 3. The number of pyridine rings is 1. The van der Waals surface area contributed by atoms with Crippen LogP contribution in [0.25, 0.3) is 0 Å². The minimum atomic E-state index is -3.02. The molecule has 0 aromatic carbocycles. The highest BCUT2D eigenvalue weighted by Gasteiger charge is 2.21. The number of alkyl halides is 2. The van der Waals surface area contributed by atoms with Crippen molar-refractivity contribution in [1.82, 2.24) is 4.98 Å². The SMILES string of the molecule is N#Cc1cc(Cl)c(C(=O)O)nc1C(F)F. The van der Waals surface area contributed by atoms with Crippen molar-refractivity contribution in [2.24, 2.45) is 0 Å². The summed E-state index contributed by atoms with van der Waals surface area (Å²) >= 11 is 5.44. The molecule has 4 nitrogen and oxygen atoms in total. The van der Waals surface area contributed by atoms with Crippen molar-refractivity contribution in [2.75, 3.05) is 0 Å². The highest BCUT2D eigenvalue weighted by Crippen LogP contribution is 2.25. The Bertz CT molecular complexity index is 457. The summed E-state index contributed by atoms with van der Waals surface area (Å²) in [6.07, 6.45) is -3.02. The van der Waals surface area contributed by atoms with E-state index in [1.165, 1.54) is 6.07 Å². The predicted molar refractivity (Wildman–Crippen MR) is 45.9 cm³/mol. The molecule has 7 heteroatoms. The molecular weight excluding hydrogens is 230 g/mol. The van der Waals surface area contributed by atoms with Crippen LogP contribution in [-0.2, 0) is 0 Å². The van der Waals surface area contributed by atoms with E-state index in [1.54, 1.807) is 0 Å². The van der Waals surface area contributed by atoms with Crippen molar-refractivity contribution in [3.8, 4) is 6.07 Å². The maximum atomic E-state index is 12.3. The van der Waals surface area contributed by atoms with Gasteiger partial charge < -0.3 is 5.11 Å². The smallest absolute Gasteiger partial charge is 0.356 e. The molecule has 1 rings (SSSR count). The van der Waals surface area contributed by atoms with Crippen LogP contribution >= 0.6 is 11.6 Å². The minimum Gasteiger partial charge on any atom is -0.476 e. The minimum absolute atomic E-state index is 0.344. The van der Waals surface area contributed by atoms with E-state index in [2.05, 4.69) is 4.98 Å². The Balaban J connectivity index is 3.45. The van der Waals surface area contributed by atoms with Gasteiger partial charge in [0.2, 0.25) is 0 Å². The summed E-state index contributed by atoms with van der Waals surface area (Å²) in [5.74, 6) is -1.52. The van der Waals surface area contributed by atoms with Gasteiger partial charge in [0.15, 0.2) is 5.69 Å². The molecule has 1 N–H and O–H groups in total. The number of nitriles is 1. The van der Waals surface area contributed by atoms with Crippen LogP contribution in [0, 0.1) is 11.3 Å². The molecule has 0 aliphatic rings. The predicted octanol–water partition coefficient (Wildman–Crippen LogP) is 2.24.